The van der Waals surface area contributed by atoms with Crippen LogP contribution in [-0.2, 0) is 11.4 Å². The van der Waals surface area contributed by atoms with Gasteiger partial charge in [-0.05, 0) is 42.4 Å². The van der Waals surface area contributed by atoms with Crippen molar-refractivity contribution >= 4 is 34.0 Å². The van der Waals surface area contributed by atoms with E-state index in [1.165, 1.54) is 40.2 Å². The zero-order valence-electron chi connectivity index (χ0n) is 15.3. The number of ketones is 1. The maximum Gasteiger partial charge on any atom is 0.283 e. The van der Waals surface area contributed by atoms with Crippen molar-refractivity contribution < 1.29 is 14.6 Å². The molecule has 8 nitrogen and oxygen atoms in total. The lowest BCUT2D eigenvalue weighted by atomic mass is 10.1. The number of allylic oxidation sites excluding steroid dienone is 4. The molecular weight excluding hydrogens is 392 g/mol. The topological polar surface area (TPSA) is 120 Å². The molecule has 0 amide bonds. The molecule has 0 atom stereocenters. The zero-order chi connectivity index (χ0) is 20.5. The SMILES string of the molecule is Cc1ccccc1OCc1nn2c(N)c(C=C3C=CC(=O)C(O)=C3)c(=O)nc2s1. The van der Waals surface area contributed by atoms with Gasteiger partial charge in [-0.1, -0.05) is 35.6 Å². The van der Waals surface area contributed by atoms with Gasteiger partial charge in [0, 0.05) is 0 Å². The van der Waals surface area contributed by atoms with Crippen LogP contribution in [0.4, 0.5) is 5.82 Å². The summed E-state index contributed by atoms with van der Waals surface area (Å²) >= 11 is 1.21. The Bertz CT molecular complexity index is 1280. The second kappa shape index (κ2) is 7.36. The number of anilines is 1. The van der Waals surface area contributed by atoms with Gasteiger partial charge in [-0.25, -0.2) is 0 Å². The highest BCUT2D eigenvalue weighted by Gasteiger charge is 2.15. The van der Waals surface area contributed by atoms with Gasteiger partial charge in [0.25, 0.3) is 5.56 Å². The van der Waals surface area contributed by atoms with Gasteiger partial charge in [0.1, 0.15) is 18.2 Å². The third kappa shape index (κ3) is 3.67. The highest BCUT2D eigenvalue weighted by atomic mass is 32.1. The summed E-state index contributed by atoms with van der Waals surface area (Å²) in [6.07, 6.45) is 5.42. The van der Waals surface area contributed by atoms with E-state index in [1.807, 2.05) is 31.2 Å². The molecule has 9 heteroatoms. The predicted molar refractivity (Wildman–Crippen MR) is 110 cm³/mol. The number of carbonyl (C=O) groups is 1. The Labute approximate surface area is 168 Å². The Morgan fingerprint density at radius 3 is 2.83 bits per heavy atom. The van der Waals surface area contributed by atoms with Crippen LogP contribution in [0, 0.1) is 6.92 Å². The average molecular weight is 408 g/mol. The van der Waals surface area contributed by atoms with Gasteiger partial charge in [0.2, 0.25) is 10.7 Å². The lowest BCUT2D eigenvalue weighted by Gasteiger charge is -2.06. The molecule has 0 spiro atoms. The van der Waals surface area contributed by atoms with E-state index < -0.39 is 17.1 Å². The van der Waals surface area contributed by atoms with Gasteiger partial charge in [-0.15, -0.1) is 0 Å². The summed E-state index contributed by atoms with van der Waals surface area (Å²) in [7, 11) is 0. The van der Waals surface area contributed by atoms with Gasteiger partial charge in [0.05, 0.1) is 5.56 Å². The molecule has 3 N–H and O–H groups in total. The number of aliphatic hydroxyl groups is 1. The van der Waals surface area contributed by atoms with Crippen molar-refractivity contribution in [3.8, 4) is 5.75 Å². The van der Waals surface area contributed by atoms with Crippen molar-refractivity contribution in [2.45, 2.75) is 13.5 Å². The van der Waals surface area contributed by atoms with Crippen molar-refractivity contribution in [1.82, 2.24) is 14.6 Å². The van der Waals surface area contributed by atoms with E-state index in [-0.39, 0.29) is 18.0 Å². The molecule has 0 radical (unpaired) electrons. The molecule has 0 aliphatic heterocycles. The summed E-state index contributed by atoms with van der Waals surface area (Å²) in [4.78, 5) is 28.2. The van der Waals surface area contributed by atoms with Crippen molar-refractivity contribution in [1.29, 1.82) is 0 Å². The van der Waals surface area contributed by atoms with E-state index in [0.29, 0.717) is 15.5 Å². The summed E-state index contributed by atoms with van der Waals surface area (Å²) in [6.45, 7) is 2.16. The molecule has 0 saturated carbocycles. The normalized spacial score (nSPS) is 15.1. The van der Waals surface area contributed by atoms with Gasteiger partial charge < -0.3 is 15.6 Å². The van der Waals surface area contributed by atoms with E-state index in [4.69, 9.17) is 10.5 Å². The third-order valence-corrected chi connectivity index (χ3v) is 5.15. The Morgan fingerprint density at radius 1 is 1.28 bits per heavy atom. The number of hydrogen-bond acceptors (Lipinski definition) is 8. The highest BCUT2D eigenvalue weighted by Crippen LogP contribution is 2.22. The number of aryl methyl sites for hydroxylation is 1. The van der Waals surface area contributed by atoms with Crippen LogP contribution in [0.3, 0.4) is 0 Å². The number of benzene rings is 1. The van der Waals surface area contributed by atoms with Crippen molar-refractivity contribution in [2.75, 3.05) is 5.73 Å². The molecule has 1 aliphatic carbocycles. The van der Waals surface area contributed by atoms with Crippen LogP contribution in [0.1, 0.15) is 16.1 Å². The van der Waals surface area contributed by atoms with Crippen LogP contribution in [0.2, 0.25) is 0 Å². The number of nitrogen functional groups attached to an aromatic ring is 1. The van der Waals surface area contributed by atoms with Gasteiger partial charge in [-0.3, -0.25) is 9.59 Å². The van der Waals surface area contributed by atoms with E-state index in [2.05, 4.69) is 10.1 Å². The van der Waals surface area contributed by atoms with Gasteiger partial charge in [0.15, 0.2) is 10.8 Å². The first-order chi connectivity index (χ1) is 13.9. The molecular formula is C20H16N4O4S. The fraction of sp³-hybridized carbons (Fsp3) is 0.100. The van der Waals surface area contributed by atoms with Crippen LogP contribution in [-0.4, -0.2) is 25.5 Å². The van der Waals surface area contributed by atoms with Gasteiger partial charge in [-0.2, -0.15) is 14.6 Å². The Kier molecular flexibility index (Phi) is 4.73. The highest BCUT2D eigenvalue weighted by molar-refractivity contribution is 7.16. The lowest BCUT2D eigenvalue weighted by molar-refractivity contribution is -0.113. The average Bonchev–Trinajstić information content (AvgIpc) is 3.10. The quantitative estimate of drug-likeness (QED) is 0.681. The molecule has 2 aromatic heterocycles. The minimum atomic E-state index is -0.525. The number of carbonyl (C=O) groups excluding carboxylic acids is 1. The number of nitrogens with two attached hydrogens (primary N) is 1. The minimum Gasteiger partial charge on any atom is -0.504 e. The predicted octanol–water partition coefficient (Wildman–Crippen LogP) is 2.58. The van der Waals surface area contributed by atoms with E-state index >= 15 is 0 Å². The lowest BCUT2D eigenvalue weighted by Crippen LogP contribution is -2.17. The van der Waals surface area contributed by atoms with Crippen molar-refractivity contribution in [2.24, 2.45) is 0 Å². The molecule has 2 heterocycles. The minimum absolute atomic E-state index is 0.115. The fourth-order valence-electron chi connectivity index (χ4n) is 2.76. The first kappa shape index (κ1) is 18.6. The maximum absolute atomic E-state index is 12.4. The second-order valence-corrected chi connectivity index (χ2v) is 7.37. The number of aromatic nitrogens is 3. The van der Waals surface area contributed by atoms with Crippen LogP contribution in [0.25, 0.3) is 11.0 Å². The van der Waals surface area contributed by atoms with E-state index in [9.17, 15) is 14.7 Å². The number of hydrogen-bond donors (Lipinski definition) is 2. The number of rotatable bonds is 4. The molecule has 0 unspecified atom stereocenters. The van der Waals surface area contributed by atoms with Gasteiger partial charge >= 0.3 is 0 Å². The van der Waals surface area contributed by atoms with Crippen molar-refractivity contribution in [3.05, 3.63) is 80.3 Å². The fourth-order valence-corrected chi connectivity index (χ4v) is 3.57. The standard InChI is InChI=1S/C20H16N4O4S/c1-11-4-2-3-5-16(11)28-10-17-23-24-18(21)13(19(27)22-20(24)29-17)8-12-6-7-14(25)15(26)9-12/h2-9,26H,10,21H2,1H3. The van der Waals surface area contributed by atoms with Crippen LogP contribution >= 0.6 is 11.3 Å². The van der Waals surface area contributed by atoms with Crippen LogP contribution in [0.15, 0.2) is 58.6 Å². The summed E-state index contributed by atoms with van der Waals surface area (Å²) < 4.78 is 7.18. The van der Waals surface area contributed by atoms with E-state index in [0.717, 1.165) is 11.3 Å². The summed E-state index contributed by atoms with van der Waals surface area (Å²) in [5.41, 5.74) is 7.20. The molecule has 29 heavy (non-hydrogen) atoms. The number of aliphatic hydroxyl groups excluding tert-OH is 1. The number of para-hydroxylation sites is 1. The second-order valence-electron chi connectivity index (χ2n) is 6.33. The van der Waals surface area contributed by atoms with Crippen LogP contribution in [0.5, 0.6) is 5.75 Å². The number of fused-ring (bicyclic) bond motifs is 1. The zero-order valence-corrected chi connectivity index (χ0v) is 16.1. The molecule has 0 saturated heterocycles. The third-order valence-electron chi connectivity index (χ3n) is 4.27. The molecule has 146 valence electrons. The Balaban J connectivity index is 1.67. The molecule has 0 bridgehead atoms. The summed E-state index contributed by atoms with van der Waals surface area (Å²) in [5, 5.41) is 14.6. The number of ether oxygens (including phenoxy) is 1. The summed E-state index contributed by atoms with van der Waals surface area (Å²) in [5.74, 6) is -0.0455. The molecule has 4 rings (SSSR count). The Morgan fingerprint density at radius 2 is 2.07 bits per heavy atom. The summed E-state index contributed by atoms with van der Waals surface area (Å²) in [6, 6.07) is 7.63. The molecule has 1 aromatic carbocycles. The number of nitrogens with zero attached hydrogens (tertiary/aromatic N) is 3. The first-order valence-corrected chi connectivity index (χ1v) is 9.45. The monoisotopic (exact) mass is 408 g/mol. The maximum atomic E-state index is 12.4. The van der Waals surface area contributed by atoms with E-state index in [1.54, 1.807) is 0 Å². The Hall–Kier alpha value is -3.72. The first-order valence-electron chi connectivity index (χ1n) is 8.64. The largest absolute Gasteiger partial charge is 0.504 e. The molecule has 0 fully saturated rings. The molecule has 3 aromatic rings. The van der Waals surface area contributed by atoms with Crippen LogP contribution < -0.4 is 16.0 Å². The molecule has 1 aliphatic rings. The van der Waals surface area contributed by atoms with Crippen molar-refractivity contribution in [3.63, 3.8) is 0 Å². The smallest absolute Gasteiger partial charge is 0.283 e.